The van der Waals surface area contributed by atoms with Crippen LogP contribution in [0.1, 0.15) is 0 Å². The maximum atomic E-state index is 13.9. The van der Waals surface area contributed by atoms with Gasteiger partial charge in [0.1, 0.15) is 6.33 Å². The predicted octanol–water partition coefficient (Wildman–Crippen LogP) is 4.37. The molecule has 4 aromatic rings. The van der Waals surface area contributed by atoms with Gasteiger partial charge in [-0.25, -0.2) is 4.98 Å². The number of fused-ring (bicyclic) bond motifs is 1. The molecule has 2 aromatic carbocycles. The summed E-state index contributed by atoms with van der Waals surface area (Å²) < 4.78 is 28.8. The molecule has 0 N–H and O–H groups in total. The van der Waals surface area contributed by atoms with Crippen LogP contribution in [0.15, 0.2) is 67.0 Å². The van der Waals surface area contributed by atoms with Crippen LogP contribution in [0.2, 0.25) is 0 Å². The Bertz CT molecular complexity index is 1010. The lowest BCUT2D eigenvalue weighted by molar-refractivity contribution is 0.515. The fraction of sp³-hybridized carbons (Fsp3) is 0. The average molecular weight is 307 g/mol. The van der Waals surface area contributed by atoms with Crippen molar-refractivity contribution in [3.8, 4) is 16.8 Å². The van der Waals surface area contributed by atoms with Gasteiger partial charge in [0, 0.05) is 11.3 Å². The molecule has 0 unspecified atom stereocenters. The van der Waals surface area contributed by atoms with Crippen molar-refractivity contribution in [1.82, 2.24) is 14.5 Å². The number of para-hydroxylation sites is 2. The van der Waals surface area contributed by atoms with Crippen molar-refractivity contribution in [2.24, 2.45) is 0 Å². The molecule has 0 amide bonds. The standard InChI is InChI=1S/C18H11F2N3/c19-17-9-8-14(18(20)22-17)12-4-3-5-13(10-12)23-11-21-15-6-1-2-7-16(15)23/h1-11H. The fourth-order valence-corrected chi connectivity index (χ4v) is 2.62. The molecule has 0 spiro atoms. The van der Waals surface area contributed by atoms with Gasteiger partial charge in [-0.2, -0.15) is 13.8 Å². The van der Waals surface area contributed by atoms with Gasteiger partial charge in [0.25, 0.3) is 0 Å². The van der Waals surface area contributed by atoms with E-state index in [1.165, 1.54) is 6.07 Å². The summed E-state index contributed by atoms with van der Waals surface area (Å²) >= 11 is 0. The highest BCUT2D eigenvalue weighted by Crippen LogP contribution is 2.25. The molecule has 4 rings (SSSR count). The van der Waals surface area contributed by atoms with Crippen molar-refractivity contribution in [2.75, 3.05) is 0 Å². The van der Waals surface area contributed by atoms with Gasteiger partial charge in [-0.1, -0.05) is 24.3 Å². The molecule has 2 aromatic heterocycles. The zero-order chi connectivity index (χ0) is 15.8. The highest BCUT2D eigenvalue weighted by atomic mass is 19.1. The molecule has 0 saturated heterocycles. The normalized spacial score (nSPS) is 11.0. The van der Waals surface area contributed by atoms with Crippen LogP contribution < -0.4 is 0 Å². The van der Waals surface area contributed by atoms with E-state index in [1.54, 1.807) is 12.4 Å². The Balaban J connectivity index is 1.86. The molecular weight excluding hydrogens is 296 g/mol. The Morgan fingerprint density at radius 1 is 0.870 bits per heavy atom. The minimum Gasteiger partial charge on any atom is -0.299 e. The molecule has 2 heterocycles. The molecule has 0 aliphatic carbocycles. The highest BCUT2D eigenvalue weighted by molar-refractivity contribution is 5.78. The lowest BCUT2D eigenvalue weighted by atomic mass is 10.1. The number of aromatic nitrogens is 3. The monoisotopic (exact) mass is 307 g/mol. The van der Waals surface area contributed by atoms with Crippen molar-refractivity contribution in [2.45, 2.75) is 0 Å². The van der Waals surface area contributed by atoms with Gasteiger partial charge in [0.2, 0.25) is 11.9 Å². The molecule has 0 aliphatic rings. The summed E-state index contributed by atoms with van der Waals surface area (Å²) in [5.74, 6) is -1.65. The molecule has 0 radical (unpaired) electrons. The van der Waals surface area contributed by atoms with E-state index in [9.17, 15) is 8.78 Å². The number of imidazole rings is 1. The van der Waals surface area contributed by atoms with Crippen molar-refractivity contribution in [3.05, 3.63) is 78.9 Å². The van der Waals surface area contributed by atoms with E-state index in [2.05, 4.69) is 9.97 Å². The lowest BCUT2D eigenvalue weighted by Gasteiger charge is -2.08. The molecule has 0 fully saturated rings. The molecule has 0 aliphatic heterocycles. The zero-order valence-corrected chi connectivity index (χ0v) is 11.9. The van der Waals surface area contributed by atoms with Gasteiger partial charge >= 0.3 is 0 Å². The van der Waals surface area contributed by atoms with Crippen molar-refractivity contribution in [1.29, 1.82) is 0 Å². The Labute approximate surface area is 130 Å². The second-order valence-corrected chi connectivity index (χ2v) is 5.13. The Morgan fingerprint density at radius 3 is 2.61 bits per heavy atom. The van der Waals surface area contributed by atoms with Crippen molar-refractivity contribution in [3.63, 3.8) is 0 Å². The summed E-state index contributed by atoms with van der Waals surface area (Å²) in [6.45, 7) is 0. The maximum absolute atomic E-state index is 13.9. The van der Waals surface area contributed by atoms with Crippen molar-refractivity contribution < 1.29 is 8.78 Å². The minimum absolute atomic E-state index is 0.262. The summed E-state index contributed by atoms with van der Waals surface area (Å²) in [5.41, 5.74) is 3.58. The van der Waals surface area contributed by atoms with Crippen LogP contribution in [-0.2, 0) is 0 Å². The first-order valence-corrected chi connectivity index (χ1v) is 7.07. The van der Waals surface area contributed by atoms with E-state index in [0.29, 0.717) is 5.56 Å². The number of pyridine rings is 1. The third-order valence-electron chi connectivity index (χ3n) is 3.70. The number of rotatable bonds is 2. The summed E-state index contributed by atoms with van der Waals surface area (Å²) in [4.78, 5) is 7.59. The van der Waals surface area contributed by atoms with Crippen LogP contribution in [0.3, 0.4) is 0 Å². The van der Waals surface area contributed by atoms with Crippen LogP contribution in [0, 0.1) is 11.9 Å². The first kappa shape index (κ1) is 13.6. The summed E-state index contributed by atoms with van der Waals surface area (Å²) in [6.07, 6.45) is 1.73. The Morgan fingerprint density at radius 2 is 1.74 bits per heavy atom. The van der Waals surface area contributed by atoms with Gasteiger partial charge in [0.15, 0.2) is 0 Å². The fourth-order valence-electron chi connectivity index (χ4n) is 2.62. The van der Waals surface area contributed by atoms with Crippen LogP contribution in [0.25, 0.3) is 27.8 Å². The second kappa shape index (κ2) is 5.28. The average Bonchev–Trinajstić information content (AvgIpc) is 2.99. The number of nitrogens with zero attached hydrogens (tertiary/aromatic N) is 3. The van der Waals surface area contributed by atoms with E-state index in [0.717, 1.165) is 22.8 Å². The minimum atomic E-state index is -0.831. The van der Waals surface area contributed by atoms with Gasteiger partial charge in [-0.05, 0) is 42.0 Å². The first-order valence-electron chi connectivity index (χ1n) is 7.07. The smallest absolute Gasteiger partial charge is 0.223 e. The van der Waals surface area contributed by atoms with Crippen LogP contribution >= 0.6 is 0 Å². The van der Waals surface area contributed by atoms with E-state index in [4.69, 9.17) is 0 Å². The van der Waals surface area contributed by atoms with E-state index in [1.807, 2.05) is 47.0 Å². The van der Waals surface area contributed by atoms with Crippen molar-refractivity contribution >= 4 is 11.0 Å². The lowest BCUT2D eigenvalue weighted by Crippen LogP contribution is -1.95. The van der Waals surface area contributed by atoms with Gasteiger partial charge < -0.3 is 0 Å². The molecule has 3 nitrogen and oxygen atoms in total. The predicted molar refractivity (Wildman–Crippen MR) is 84.2 cm³/mol. The molecular formula is C18H11F2N3. The number of hydrogen-bond donors (Lipinski definition) is 0. The van der Waals surface area contributed by atoms with Crippen LogP contribution in [0.5, 0.6) is 0 Å². The van der Waals surface area contributed by atoms with Gasteiger partial charge in [-0.15, -0.1) is 0 Å². The number of hydrogen-bond acceptors (Lipinski definition) is 2. The quantitative estimate of drug-likeness (QED) is 0.515. The number of halogens is 2. The van der Waals surface area contributed by atoms with Gasteiger partial charge in [0.05, 0.1) is 11.0 Å². The number of benzene rings is 2. The molecule has 112 valence electrons. The first-order chi connectivity index (χ1) is 11.2. The molecule has 5 heteroatoms. The molecule has 23 heavy (non-hydrogen) atoms. The highest BCUT2D eigenvalue weighted by Gasteiger charge is 2.10. The van der Waals surface area contributed by atoms with Crippen LogP contribution in [-0.4, -0.2) is 14.5 Å². The summed E-state index contributed by atoms with van der Waals surface area (Å²) in [6, 6.07) is 17.6. The third kappa shape index (κ3) is 2.36. The third-order valence-corrected chi connectivity index (χ3v) is 3.70. The second-order valence-electron chi connectivity index (χ2n) is 5.13. The van der Waals surface area contributed by atoms with Crippen LogP contribution in [0.4, 0.5) is 8.78 Å². The zero-order valence-electron chi connectivity index (χ0n) is 11.9. The van der Waals surface area contributed by atoms with Gasteiger partial charge in [-0.3, -0.25) is 4.57 Å². The summed E-state index contributed by atoms with van der Waals surface area (Å²) in [7, 11) is 0. The SMILES string of the molecule is Fc1ccc(-c2cccc(-n3cnc4ccccc43)c2)c(F)n1. The molecule has 0 atom stereocenters. The molecule has 0 saturated carbocycles. The van der Waals surface area contributed by atoms with E-state index in [-0.39, 0.29) is 5.56 Å². The Kier molecular flexibility index (Phi) is 3.12. The molecule has 0 bridgehead atoms. The largest absolute Gasteiger partial charge is 0.299 e. The Hall–Kier alpha value is -3.08. The van der Waals surface area contributed by atoms with E-state index >= 15 is 0 Å². The van der Waals surface area contributed by atoms with E-state index < -0.39 is 11.9 Å². The summed E-state index contributed by atoms with van der Waals surface area (Å²) in [5, 5.41) is 0. The topological polar surface area (TPSA) is 30.7 Å². The maximum Gasteiger partial charge on any atom is 0.223 e.